The normalized spacial score (nSPS) is 11.9. The van der Waals surface area contributed by atoms with Gasteiger partial charge in [0.1, 0.15) is 5.01 Å². The summed E-state index contributed by atoms with van der Waals surface area (Å²) in [7, 11) is -3.84. The van der Waals surface area contributed by atoms with Gasteiger partial charge in [-0.05, 0) is 62.1 Å². The number of rotatable bonds is 5. The molecular formula is C20H19N3O3S3. The molecule has 0 saturated carbocycles. The Labute approximate surface area is 178 Å². The van der Waals surface area contributed by atoms with Crippen LogP contribution in [0, 0.1) is 13.8 Å². The van der Waals surface area contributed by atoms with Crippen molar-refractivity contribution in [2.75, 3.05) is 3.71 Å². The molecule has 150 valence electrons. The summed E-state index contributed by atoms with van der Waals surface area (Å²) in [5.41, 5.74) is 3.70. The molecule has 0 aliphatic heterocycles. The number of aryl methyl sites for hydroxylation is 2. The molecule has 2 aromatic carbocycles. The molecule has 0 bridgehead atoms. The minimum Gasteiger partial charge on any atom is -0.391 e. The van der Waals surface area contributed by atoms with Crippen molar-refractivity contribution in [3.05, 3.63) is 64.7 Å². The number of nitrogens with one attached hydrogen (secondary N) is 1. The van der Waals surface area contributed by atoms with Crippen LogP contribution in [0.5, 0.6) is 0 Å². The highest BCUT2D eigenvalue weighted by Crippen LogP contribution is 2.37. The van der Waals surface area contributed by atoms with E-state index < -0.39 is 10.0 Å². The number of hydrogen-bond donors (Lipinski definition) is 3. The molecule has 2 aromatic heterocycles. The summed E-state index contributed by atoms with van der Waals surface area (Å²) in [6.45, 7) is 3.74. The van der Waals surface area contributed by atoms with E-state index in [2.05, 4.69) is 22.8 Å². The van der Waals surface area contributed by atoms with Gasteiger partial charge in [0.25, 0.3) is 10.0 Å². The Hall–Kier alpha value is -2.33. The van der Waals surface area contributed by atoms with Gasteiger partial charge in [-0.15, -0.1) is 11.3 Å². The molecule has 0 aliphatic carbocycles. The quantitative estimate of drug-likeness (QED) is 0.397. The number of anilines is 1. The molecule has 0 unspecified atom stereocenters. The Morgan fingerprint density at radius 1 is 1.21 bits per heavy atom. The molecule has 9 heteroatoms. The number of thiazole rings is 1. The van der Waals surface area contributed by atoms with Crippen molar-refractivity contribution in [2.24, 2.45) is 0 Å². The van der Waals surface area contributed by atoms with Crippen molar-refractivity contribution < 1.29 is 13.5 Å². The number of benzene rings is 2. The molecule has 0 radical (unpaired) electrons. The van der Waals surface area contributed by atoms with Crippen molar-refractivity contribution in [3.8, 4) is 10.7 Å². The van der Waals surface area contributed by atoms with E-state index >= 15 is 0 Å². The first-order chi connectivity index (χ1) is 13.8. The van der Waals surface area contributed by atoms with Crippen molar-refractivity contribution >= 4 is 50.8 Å². The lowest BCUT2D eigenvalue weighted by atomic mass is 10.1. The standard InChI is InChI=1S/C20H19N3O3S3/c1-12-4-3-5-15(8-12)29(25,26)23(27)18-7-6-13(2)16-9-17(22-19(16)18)20-21-10-14(11-24)28-20/h3-10,22,24,27H,11H2,1-2H3. The van der Waals surface area contributed by atoms with Gasteiger partial charge < -0.3 is 10.1 Å². The van der Waals surface area contributed by atoms with Gasteiger partial charge in [0.15, 0.2) is 0 Å². The fraction of sp³-hybridized carbons (Fsp3) is 0.150. The number of sulfonamides is 1. The Bertz CT molecular complexity index is 1310. The third-order valence-electron chi connectivity index (χ3n) is 4.65. The molecule has 0 spiro atoms. The predicted molar refractivity (Wildman–Crippen MR) is 120 cm³/mol. The van der Waals surface area contributed by atoms with Crippen LogP contribution in [0.2, 0.25) is 0 Å². The lowest BCUT2D eigenvalue weighted by Gasteiger charge is -2.19. The molecule has 0 fully saturated rings. The molecule has 29 heavy (non-hydrogen) atoms. The highest BCUT2D eigenvalue weighted by Gasteiger charge is 2.25. The average molecular weight is 446 g/mol. The van der Waals surface area contributed by atoms with E-state index in [9.17, 15) is 13.5 Å². The number of thiol groups is 1. The molecule has 2 heterocycles. The zero-order valence-electron chi connectivity index (χ0n) is 15.7. The van der Waals surface area contributed by atoms with Gasteiger partial charge >= 0.3 is 0 Å². The van der Waals surface area contributed by atoms with E-state index in [4.69, 9.17) is 0 Å². The zero-order chi connectivity index (χ0) is 20.8. The van der Waals surface area contributed by atoms with E-state index in [0.717, 1.165) is 35.8 Å². The SMILES string of the molecule is Cc1cccc(S(=O)(=O)N(S)c2ccc(C)c3cc(-c4ncc(CO)s4)[nH]c23)c1. The maximum absolute atomic E-state index is 13.1. The fourth-order valence-electron chi connectivity index (χ4n) is 3.13. The third-order valence-corrected chi connectivity index (χ3v) is 8.03. The van der Waals surface area contributed by atoms with Gasteiger partial charge in [-0.2, -0.15) is 0 Å². The van der Waals surface area contributed by atoms with Crippen LogP contribution in [-0.2, 0) is 16.6 Å². The van der Waals surface area contributed by atoms with Gasteiger partial charge in [-0.1, -0.05) is 18.2 Å². The second-order valence-electron chi connectivity index (χ2n) is 6.73. The zero-order valence-corrected chi connectivity index (χ0v) is 18.3. The van der Waals surface area contributed by atoms with Crippen LogP contribution in [-0.4, -0.2) is 23.5 Å². The lowest BCUT2D eigenvalue weighted by Crippen LogP contribution is -2.21. The van der Waals surface area contributed by atoms with Gasteiger partial charge in [0.05, 0.1) is 33.3 Å². The third kappa shape index (κ3) is 3.55. The molecular weight excluding hydrogens is 426 g/mol. The van der Waals surface area contributed by atoms with Crippen LogP contribution in [0.15, 0.2) is 53.6 Å². The highest BCUT2D eigenvalue weighted by atomic mass is 32.3. The maximum Gasteiger partial charge on any atom is 0.273 e. The van der Waals surface area contributed by atoms with Crippen LogP contribution in [0.1, 0.15) is 16.0 Å². The lowest BCUT2D eigenvalue weighted by molar-refractivity contribution is 0.285. The number of fused-ring (bicyclic) bond motifs is 1. The predicted octanol–water partition coefficient (Wildman–Crippen LogP) is 4.44. The van der Waals surface area contributed by atoms with Crippen LogP contribution >= 0.6 is 24.2 Å². The van der Waals surface area contributed by atoms with Crippen molar-refractivity contribution in [1.29, 1.82) is 0 Å². The Morgan fingerprint density at radius 3 is 2.69 bits per heavy atom. The topological polar surface area (TPSA) is 86.3 Å². The number of hydrogen-bond acceptors (Lipinski definition) is 6. The van der Waals surface area contributed by atoms with E-state index in [0.29, 0.717) is 11.2 Å². The van der Waals surface area contributed by atoms with Gasteiger partial charge in [0.2, 0.25) is 0 Å². The number of nitrogens with zero attached hydrogens (tertiary/aromatic N) is 2. The molecule has 4 rings (SSSR count). The average Bonchev–Trinajstić information content (AvgIpc) is 3.35. The first-order valence-electron chi connectivity index (χ1n) is 8.80. The van der Waals surface area contributed by atoms with E-state index in [1.54, 1.807) is 30.5 Å². The fourth-order valence-corrected chi connectivity index (χ4v) is 5.52. The number of aliphatic hydroxyl groups is 1. The number of aliphatic hydroxyl groups excluding tert-OH is 1. The summed E-state index contributed by atoms with van der Waals surface area (Å²) in [6.07, 6.45) is 1.63. The summed E-state index contributed by atoms with van der Waals surface area (Å²) in [5, 5.41) is 10.9. The summed E-state index contributed by atoms with van der Waals surface area (Å²) < 4.78 is 27.3. The smallest absolute Gasteiger partial charge is 0.273 e. The Morgan fingerprint density at radius 2 is 2.00 bits per heavy atom. The van der Waals surface area contributed by atoms with Crippen molar-refractivity contribution in [1.82, 2.24) is 9.97 Å². The highest BCUT2D eigenvalue weighted by molar-refractivity contribution is 8.06. The molecule has 0 saturated heterocycles. The summed E-state index contributed by atoms with van der Waals surface area (Å²) >= 11 is 5.73. The first-order valence-corrected chi connectivity index (χ1v) is 11.5. The molecule has 0 aliphatic rings. The monoisotopic (exact) mass is 445 g/mol. The number of H-pyrrole nitrogens is 1. The summed E-state index contributed by atoms with van der Waals surface area (Å²) in [5.74, 6) is 0. The second-order valence-corrected chi connectivity index (χ2v) is 10.3. The Kier molecular flexibility index (Phi) is 5.16. The minimum atomic E-state index is -3.84. The number of aromatic amines is 1. The van der Waals surface area contributed by atoms with Gasteiger partial charge in [-0.3, -0.25) is 0 Å². The number of aromatic nitrogens is 2. The van der Waals surface area contributed by atoms with E-state index in [1.807, 2.05) is 32.0 Å². The van der Waals surface area contributed by atoms with E-state index in [1.165, 1.54) is 11.3 Å². The second kappa shape index (κ2) is 7.49. The van der Waals surface area contributed by atoms with Gasteiger partial charge in [0, 0.05) is 11.6 Å². The maximum atomic E-state index is 13.1. The van der Waals surface area contributed by atoms with Crippen LogP contribution in [0.4, 0.5) is 5.69 Å². The summed E-state index contributed by atoms with van der Waals surface area (Å²) in [6, 6.07) is 12.3. The molecule has 2 N–H and O–H groups in total. The molecule has 0 atom stereocenters. The molecule has 0 amide bonds. The molecule has 6 nitrogen and oxygen atoms in total. The van der Waals surface area contributed by atoms with Gasteiger partial charge in [-0.25, -0.2) is 17.1 Å². The van der Waals surface area contributed by atoms with Crippen LogP contribution in [0.3, 0.4) is 0 Å². The Balaban J connectivity index is 1.84. The van der Waals surface area contributed by atoms with Crippen molar-refractivity contribution in [3.63, 3.8) is 0 Å². The minimum absolute atomic E-state index is 0.0681. The molecule has 4 aromatic rings. The van der Waals surface area contributed by atoms with Crippen molar-refractivity contribution in [2.45, 2.75) is 25.3 Å². The van der Waals surface area contributed by atoms with Crippen LogP contribution < -0.4 is 3.71 Å². The largest absolute Gasteiger partial charge is 0.391 e. The van der Waals surface area contributed by atoms with E-state index in [-0.39, 0.29) is 11.5 Å². The first kappa shape index (κ1) is 20.0. The summed E-state index contributed by atoms with van der Waals surface area (Å²) in [4.78, 5) is 8.56. The van der Waals surface area contributed by atoms with Crippen LogP contribution in [0.25, 0.3) is 21.6 Å².